The van der Waals surface area contributed by atoms with Crippen LogP contribution in [-0.2, 0) is 0 Å². The predicted octanol–water partition coefficient (Wildman–Crippen LogP) is 5.75. The Hall–Kier alpha value is -0.0800. The van der Waals surface area contributed by atoms with E-state index >= 15 is 0 Å². The van der Waals surface area contributed by atoms with Crippen LogP contribution < -0.4 is 0 Å². The van der Waals surface area contributed by atoms with E-state index in [-0.39, 0.29) is 6.10 Å². The van der Waals surface area contributed by atoms with Gasteiger partial charge in [-0.3, -0.25) is 0 Å². The molecule has 2 nitrogen and oxygen atoms in total. The van der Waals surface area contributed by atoms with Crippen molar-refractivity contribution in [2.75, 3.05) is 0 Å². The van der Waals surface area contributed by atoms with Crippen LogP contribution in [0.15, 0.2) is 0 Å². The molecule has 0 aliphatic heterocycles. The van der Waals surface area contributed by atoms with Gasteiger partial charge in [-0.2, -0.15) is 0 Å². The second kappa shape index (κ2) is 17.0. The first-order valence-electron chi connectivity index (χ1n) is 8.95. The van der Waals surface area contributed by atoms with Gasteiger partial charge in [0.15, 0.2) is 0 Å². The van der Waals surface area contributed by atoms with Gasteiger partial charge in [-0.05, 0) is 19.3 Å². The quantitative estimate of drug-likeness (QED) is 0.354. The Bertz CT molecular complexity index is 171. The van der Waals surface area contributed by atoms with Crippen LogP contribution in [0.2, 0.25) is 0 Å². The lowest BCUT2D eigenvalue weighted by molar-refractivity contribution is 0.147. The summed E-state index contributed by atoms with van der Waals surface area (Å²) >= 11 is 0. The summed E-state index contributed by atoms with van der Waals surface area (Å²) in [7, 11) is 0. The number of aliphatic hydroxyl groups excluding tert-OH is 2. The summed E-state index contributed by atoms with van der Waals surface area (Å²) in [6.07, 6.45) is 17.9. The van der Waals surface area contributed by atoms with Crippen LogP contribution in [0.4, 0.5) is 0 Å². The van der Waals surface area contributed by atoms with E-state index in [2.05, 4.69) is 6.92 Å². The molecule has 0 aromatic carbocycles. The van der Waals surface area contributed by atoms with Gasteiger partial charge in [0.05, 0.1) is 12.7 Å². The Balaban J connectivity index is 3.07. The van der Waals surface area contributed by atoms with E-state index in [4.69, 9.17) is 5.11 Å². The summed E-state index contributed by atoms with van der Waals surface area (Å²) in [5.41, 5.74) is 0. The number of aliphatic hydroxyl groups is 2. The highest BCUT2D eigenvalue weighted by molar-refractivity contribution is 4.57. The van der Waals surface area contributed by atoms with Crippen LogP contribution in [0, 0.1) is 6.61 Å². The summed E-state index contributed by atoms with van der Waals surface area (Å²) < 4.78 is 0. The molecule has 20 heavy (non-hydrogen) atoms. The molecule has 0 aromatic heterocycles. The van der Waals surface area contributed by atoms with Crippen molar-refractivity contribution < 1.29 is 10.2 Å². The van der Waals surface area contributed by atoms with E-state index in [9.17, 15) is 5.11 Å². The first-order valence-corrected chi connectivity index (χ1v) is 8.95. The van der Waals surface area contributed by atoms with Crippen LogP contribution in [0.1, 0.15) is 103 Å². The van der Waals surface area contributed by atoms with Crippen LogP contribution in [0.3, 0.4) is 0 Å². The summed E-state index contributed by atoms with van der Waals surface area (Å²) in [5, 5.41) is 18.4. The summed E-state index contributed by atoms with van der Waals surface area (Å²) in [6.45, 7) is 3.50. The van der Waals surface area contributed by atoms with Gasteiger partial charge in [0.25, 0.3) is 0 Å². The van der Waals surface area contributed by atoms with Gasteiger partial charge >= 0.3 is 0 Å². The van der Waals surface area contributed by atoms with Crippen LogP contribution in [-0.4, -0.2) is 16.3 Å². The predicted molar refractivity (Wildman–Crippen MR) is 87.2 cm³/mol. The molecule has 0 aliphatic rings. The number of rotatable bonds is 16. The zero-order valence-corrected chi connectivity index (χ0v) is 13.7. The lowest BCUT2D eigenvalue weighted by atomic mass is 10.0. The van der Waals surface area contributed by atoms with Crippen molar-refractivity contribution in [1.82, 2.24) is 0 Å². The standard InChI is InChI=1S/C18H37O2/c1-2-3-4-12-15-18(20)16-13-10-8-6-5-7-9-11-14-17-19/h17-20H,2-16H2,1H3. The largest absolute Gasteiger partial charge is 0.393 e. The molecular formula is C18H37O2. The number of unbranched alkanes of at least 4 members (excludes halogenated alkanes) is 11. The smallest absolute Gasteiger partial charge is 0.0799 e. The molecule has 2 N–H and O–H groups in total. The van der Waals surface area contributed by atoms with E-state index < -0.39 is 0 Å². The highest BCUT2D eigenvalue weighted by Gasteiger charge is 2.03. The van der Waals surface area contributed by atoms with E-state index in [1.807, 2.05) is 0 Å². The molecule has 121 valence electrons. The summed E-state index contributed by atoms with van der Waals surface area (Å²) in [5.74, 6) is 0. The minimum Gasteiger partial charge on any atom is -0.393 e. The normalized spacial score (nSPS) is 12.8. The third kappa shape index (κ3) is 16.0. The van der Waals surface area contributed by atoms with Crippen molar-refractivity contribution in [3.63, 3.8) is 0 Å². The molecule has 0 saturated carbocycles. The molecule has 0 fully saturated rings. The molecule has 0 spiro atoms. The van der Waals surface area contributed by atoms with Crippen LogP contribution >= 0.6 is 0 Å². The van der Waals surface area contributed by atoms with Crippen molar-refractivity contribution in [3.05, 3.63) is 6.61 Å². The minimum atomic E-state index is -0.0541. The molecule has 1 unspecified atom stereocenters. The van der Waals surface area contributed by atoms with Crippen LogP contribution in [0.5, 0.6) is 0 Å². The molecule has 1 atom stereocenters. The Morgan fingerprint density at radius 3 is 1.65 bits per heavy atom. The molecule has 0 bridgehead atoms. The fourth-order valence-electron chi connectivity index (χ4n) is 2.63. The lowest BCUT2D eigenvalue weighted by Crippen LogP contribution is -2.05. The highest BCUT2D eigenvalue weighted by atomic mass is 16.3. The lowest BCUT2D eigenvalue weighted by Gasteiger charge is -2.10. The van der Waals surface area contributed by atoms with Gasteiger partial charge < -0.3 is 10.2 Å². The maximum absolute atomic E-state index is 9.85. The Morgan fingerprint density at radius 1 is 0.700 bits per heavy atom. The fourth-order valence-corrected chi connectivity index (χ4v) is 2.63. The van der Waals surface area contributed by atoms with Gasteiger partial charge in [-0.1, -0.05) is 84.0 Å². The Kier molecular flexibility index (Phi) is 16.9. The molecular weight excluding hydrogens is 248 g/mol. The van der Waals surface area contributed by atoms with Crippen molar-refractivity contribution in [2.24, 2.45) is 0 Å². The van der Waals surface area contributed by atoms with Gasteiger partial charge in [0.2, 0.25) is 0 Å². The third-order valence-corrected chi connectivity index (χ3v) is 4.01. The van der Waals surface area contributed by atoms with Gasteiger partial charge in [0, 0.05) is 0 Å². The van der Waals surface area contributed by atoms with E-state index in [1.54, 1.807) is 0 Å². The topological polar surface area (TPSA) is 40.5 Å². The highest BCUT2D eigenvalue weighted by Crippen LogP contribution is 2.14. The molecule has 0 aromatic rings. The fraction of sp³-hybridized carbons (Fsp3) is 0.944. The number of hydrogen-bond donors (Lipinski definition) is 2. The van der Waals surface area contributed by atoms with Crippen LogP contribution in [0.25, 0.3) is 0 Å². The summed E-state index contributed by atoms with van der Waals surface area (Å²) in [4.78, 5) is 0. The maximum atomic E-state index is 9.85. The molecule has 0 amide bonds. The number of hydrogen-bond acceptors (Lipinski definition) is 2. The van der Waals surface area contributed by atoms with Gasteiger partial charge in [-0.15, -0.1) is 0 Å². The van der Waals surface area contributed by atoms with E-state index in [1.165, 1.54) is 77.2 Å². The zero-order chi connectivity index (χ0) is 14.9. The van der Waals surface area contributed by atoms with E-state index in [0.717, 1.165) is 25.7 Å². The van der Waals surface area contributed by atoms with Crippen molar-refractivity contribution in [1.29, 1.82) is 0 Å². The second-order valence-electron chi connectivity index (χ2n) is 6.09. The van der Waals surface area contributed by atoms with Gasteiger partial charge in [0.1, 0.15) is 0 Å². The first-order chi connectivity index (χ1) is 9.81. The Labute approximate surface area is 127 Å². The van der Waals surface area contributed by atoms with E-state index in [0.29, 0.717) is 0 Å². The maximum Gasteiger partial charge on any atom is 0.0799 e. The molecule has 2 heteroatoms. The Morgan fingerprint density at radius 2 is 1.15 bits per heavy atom. The molecule has 0 heterocycles. The second-order valence-corrected chi connectivity index (χ2v) is 6.09. The average molecular weight is 285 g/mol. The zero-order valence-electron chi connectivity index (χ0n) is 13.7. The molecule has 0 saturated heterocycles. The molecule has 0 aliphatic carbocycles. The average Bonchev–Trinajstić information content (AvgIpc) is 2.45. The van der Waals surface area contributed by atoms with Crippen molar-refractivity contribution in [2.45, 2.75) is 109 Å². The van der Waals surface area contributed by atoms with Crippen molar-refractivity contribution in [3.8, 4) is 0 Å². The molecule has 0 rings (SSSR count). The SMILES string of the molecule is CCCCCCC(O)CCCCCCCCCC[CH]O. The van der Waals surface area contributed by atoms with Gasteiger partial charge in [-0.25, -0.2) is 0 Å². The first kappa shape index (κ1) is 19.9. The monoisotopic (exact) mass is 285 g/mol. The molecule has 1 radical (unpaired) electrons. The summed E-state index contributed by atoms with van der Waals surface area (Å²) in [6, 6.07) is 0. The minimum absolute atomic E-state index is 0.0541. The third-order valence-electron chi connectivity index (χ3n) is 4.01. The van der Waals surface area contributed by atoms with Crippen molar-refractivity contribution >= 4 is 0 Å².